The van der Waals surface area contributed by atoms with Crippen molar-refractivity contribution in [2.45, 2.75) is 76.3 Å². The zero-order chi connectivity index (χ0) is 15.5. The Morgan fingerprint density at radius 2 is 1.55 bits per heavy atom. The Balaban J connectivity index is 1.34. The Morgan fingerprint density at radius 3 is 2.18 bits per heavy atom. The molecule has 22 heavy (non-hydrogen) atoms. The van der Waals surface area contributed by atoms with E-state index in [-0.39, 0.29) is 18.0 Å². The van der Waals surface area contributed by atoms with Crippen LogP contribution in [0.1, 0.15) is 64.2 Å². The molecule has 124 valence electrons. The number of carbonyl (C=O) groups is 2. The van der Waals surface area contributed by atoms with Gasteiger partial charge in [-0.3, -0.25) is 4.79 Å². The number of carboxylic acids is 1. The molecule has 0 aromatic rings. The fourth-order valence-electron chi connectivity index (χ4n) is 4.34. The lowest BCUT2D eigenvalue weighted by atomic mass is 9.85. The van der Waals surface area contributed by atoms with Gasteiger partial charge >= 0.3 is 12.0 Å². The third-order valence-electron chi connectivity index (χ3n) is 5.82. The van der Waals surface area contributed by atoms with E-state index in [9.17, 15) is 9.59 Å². The van der Waals surface area contributed by atoms with E-state index in [1.165, 1.54) is 32.1 Å². The monoisotopic (exact) mass is 308 g/mol. The van der Waals surface area contributed by atoms with Gasteiger partial charge in [0.25, 0.3) is 0 Å². The van der Waals surface area contributed by atoms with E-state index in [4.69, 9.17) is 5.11 Å². The normalized spacial score (nSPS) is 35.6. The highest BCUT2D eigenvalue weighted by Gasteiger charge is 2.43. The number of amides is 2. The van der Waals surface area contributed by atoms with Gasteiger partial charge < -0.3 is 15.7 Å². The maximum absolute atomic E-state index is 12.1. The van der Waals surface area contributed by atoms with Crippen LogP contribution in [0.2, 0.25) is 0 Å². The minimum absolute atomic E-state index is 0.0536. The van der Waals surface area contributed by atoms with Crippen LogP contribution in [0.5, 0.6) is 0 Å². The molecule has 5 heteroatoms. The second kappa shape index (κ2) is 6.88. The molecule has 3 saturated carbocycles. The van der Waals surface area contributed by atoms with E-state index in [2.05, 4.69) is 10.6 Å². The number of nitrogens with one attached hydrogen (secondary N) is 2. The highest BCUT2D eigenvalue weighted by Crippen LogP contribution is 2.44. The first-order chi connectivity index (χ1) is 10.6. The average molecular weight is 308 g/mol. The van der Waals surface area contributed by atoms with Crippen molar-refractivity contribution >= 4 is 12.0 Å². The third kappa shape index (κ3) is 3.93. The Hall–Kier alpha value is -1.26. The first-order valence-corrected chi connectivity index (χ1v) is 8.93. The van der Waals surface area contributed by atoms with Gasteiger partial charge in [-0.15, -0.1) is 0 Å². The van der Waals surface area contributed by atoms with Gasteiger partial charge in [0, 0.05) is 12.1 Å². The van der Waals surface area contributed by atoms with Crippen LogP contribution in [-0.4, -0.2) is 29.2 Å². The van der Waals surface area contributed by atoms with E-state index in [0.29, 0.717) is 24.8 Å². The summed E-state index contributed by atoms with van der Waals surface area (Å²) in [5.41, 5.74) is 0. The summed E-state index contributed by atoms with van der Waals surface area (Å²) in [6, 6.07) is 0.461. The molecular formula is C17H28N2O3. The maximum Gasteiger partial charge on any atom is 0.315 e. The Labute approximate surface area is 132 Å². The van der Waals surface area contributed by atoms with E-state index in [0.717, 1.165) is 25.2 Å². The van der Waals surface area contributed by atoms with Crippen molar-refractivity contribution in [2.24, 2.45) is 17.8 Å². The molecule has 2 amide bonds. The number of hydrogen-bond donors (Lipinski definition) is 3. The standard InChI is InChI=1S/C17H28N2O3/c20-16(21)12-6-8-13(9-7-12)18-17(22)19-15-10-14(15)11-4-2-1-3-5-11/h11-15H,1-10H2,(H,20,21)(H2,18,19,22)/t12?,13?,14-,15+/m0/s1. The van der Waals surface area contributed by atoms with Gasteiger partial charge in [-0.05, 0) is 43.9 Å². The molecule has 3 aliphatic rings. The Morgan fingerprint density at radius 1 is 0.864 bits per heavy atom. The third-order valence-corrected chi connectivity index (χ3v) is 5.82. The molecule has 3 rings (SSSR count). The van der Waals surface area contributed by atoms with E-state index in [1.54, 1.807) is 0 Å². The second-order valence-electron chi connectivity index (χ2n) is 7.41. The molecule has 0 radical (unpaired) electrons. The number of rotatable bonds is 4. The highest BCUT2D eigenvalue weighted by atomic mass is 16.4. The number of urea groups is 1. The number of hydrogen-bond acceptors (Lipinski definition) is 2. The second-order valence-corrected chi connectivity index (χ2v) is 7.41. The molecule has 0 bridgehead atoms. The van der Waals surface area contributed by atoms with Gasteiger partial charge in [0.2, 0.25) is 0 Å². The first kappa shape index (κ1) is 15.6. The summed E-state index contributed by atoms with van der Waals surface area (Å²) in [6.07, 6.45) is 10.8. The van der Waals surface area contributed by atoms with Gasteiger partial charge in [-0.25, -0.2) is 4.79 Å². The van der Waals surface area contributed by atoms with Crippen LogP contribution in [0.15, 0.2) is 0 Å². The predicted molar refractivity (Wildman–Crippen MR) is 83.5 cm³/mol. The van der Waals surface area contributed by atoms with Gasteiger partial charge in [-0.1, -0.05) is 32.1 Å². The van der Waals surface area contributed by atoms with Crippen LogP contribution in [0.4, 0.5) is 4.79 Å². The van der Waals surface area contributed by atoms with Crippen LogP contribution >= 0.6 is 0 Å². The van der Waals surface area contributed by atoms with Crippen molar-refractivity contribution in [3.63, 3.8) is 0 Å². The molecule has 0 spiro atoms. The lowest BCUT2D eigenvalue weighted by molar-refractivity contribution is -0.142. The minimum Gasteiger partial charge on any atom is -0.481 e. The summed E-state index contributed by atoms with van der Waals surface area (Å²) < 4.78 is 0. The molecular weight excluding hydrogens is 280 g/mol. The zero-order valence-corrected chi connectivity index (χ0v) is 13.2. The molecule has 0 aliphatic heterocycles. The molecule has 0 aromatic carbocycles. The van der Waals surface area contributed by atoms with Crippen LogP contribution in [0.25, 0.3) is 0 Å². The molecule has 0 saturated heterocycles. The maximum atomic E-state index is 12.1. The summed E-state index contributed by atoms with van der Waals surface area (Å²) in [7, 11) is 0. The summed E-state index contributed by atoms with van der Waals surface area (Å²) in [5.74, 6) is 0.607. The lowest BCUT2D eigenvalue weighted by Crippen LogP contribution is -2.45. The molecule has 0 aromatic heterocycles. The van der Waals surface area contributed by atoms with Crippen LogP contribution in [0, 0.1) is 17.8 Å². The van der Waals surface area contributed by atoms with E-state index >= 15 is 0 Å². The number of carbonyl (C=O) groups excluding carboxylic acids is 1. The largest absolute Gasteiger partial charge is 0.481 e. The fraction of sp³-hybridized carbons (Fsp3) is 0.882. The summed E-state index contributed by atoms with van der Waals surface area (Å²) >= 11 is 0. The van der Waals surface area contributed by atoms with Crippen molar-refractivity contribution in [1.82, 2.24) is 10.6 Å². The van der Waals surface area contributed by atoms with E-state index < -0.39 is 5.97 Å². The molecule has 0 unspecified atom stereocenters. The van der Waals surface area contributed by atoms with Crippen LogP contribution in [0.3, 0.4) is 0 Å². The van der Waals surface area contributed by atoms with Gasteiger partial charge in [0.05, 0.1) is 5.92 Å². The van der Waals surface area contributed by atoms with Crippen molar-refractivity contribution < 1.29 is 14.7 Å². The lowest BCUT2D eigenvalue weighted by Gasteiger charge is -2.27. The van der Waals surface area contributed by atoms with Crippen molar-refractivity contribution in [2.75, 3.05) is 0 Å². The zero-order valence-electron chi connectivity index (χ0n) is 13.2. The van der Waals surface area contributed by atoms with Crippen molar-refractivity contribution in [1.29, 1.82) is 0 Å². The molecule has 0 heterocycles. The van der Waals surface area contributed by atoms with Gasteiger partial charge in [0.1, 0.15) is 0 Å². The van der Waals surface area contributed by atoms with Gasteiger partial charge in [0.15, 0.2) is 0 Å². The minimum atomic E-state index is -0.698. The molecule has 5 nitrogen and oxygen atoms in total. The Kier molecular flexibility index (Phi) is 4.89. The molecule has 2 atom stereocenters. The quantitative estimate of drug-likeness (QED) is 0.747. The summed E-state index contributed by atoms with van der Waals surface area (Å²) in [6.45, 7) is 0. The number of aliphatic carboxylic acids is 1. The van der Waals surface area contributed by atoms with Crippen LogP contribution < -0.4 is 10.6 Å². The summed E-state index contributed by atoms with van der Waals surface area (Å²) in [4.78, 5) is 23.0. The Bertz CT molecular complexity index is 412. The van der Waals surface area contributed by atoms with Crippen molar-refractivity contribution in [3.8, 4) is 0 Å². The molecule has 3 fully saturated rings. The predicted octanol–water partition coefficient (Wildman–Crippen LogP) is 2.90. The van der Waals surface area contributed by atoms with Crippen LogP contribution in [-0.2, 0) is 4.79 Å². The fourth-order valence-corrected chi connectivity index (χ4v) is 4.34. The first-order valence-electron chi connectivity index (χ1n) is 8.93. The number of carboxylic acid groups (broad SMARTS) is 1. The topological polar surface area (TPSA) is 78.4 Å². The summed E-state index contributed by atoms with van der Waals surface area (Å²) in [5, 5.41) is 15.1. The smallest absolute Gasteiger partial charge is 0.315 e. The average Bonchev–Trinajstić information content (AvgIpc) is 3.27. The van der Waals surface area contributed by atoms with Gasteiger partial charge in [-0.2, -0.15) is 0 Å². The SMILES string of the molecule is O=C(NC1CCC(C(=O)O)CC1)N[C@@H]1C[C@H]1C1CCCCC1. The van der Waals surface area contributed by atoms with E-state index in [1.807, 2.05) is 0 Å². The highest BCUT2D eigenvalue weighted by molar-refractivity contribution is 5.75. The molecule has 3 aliphatic carbocycles. The van der Waals surface area contributed by atoms with Crippen molar-refractivity contribution in [3.05, 3.63) is 0 Å². The molecule has 3 N–H and O–H groups in total.